The van der Waals surface area contributed by atoms with Gasteiger partial charge in [0.1, 0.15) is 17.5 Å². The average molecular weight is 403 g/mol. The molecule has 2 aromatic heterocycles. The van der Waals surface area contributed by atoms with E-state index in [0.29, 0.717) is 31.0 Å². The Labute approximate surface area is 168 Å². The minimum atomic E-state index is -0.283. The van der Waals surface area contributed by atoms with Crippen LogP contribution in [0.4, 0.5) is 0 Å². The van der Waals surface area contributed by atoms with E-state index in [1.165, 1.54) is 16.5 Å². The second-order valence-corrected chi connectivity index (χ2v) is 7.10. The van der Waals surface area contributed by atoms with Gasteiger partial charge in [-0.3, -0.25) is 9.59 Å². The largest absolute Gasteiger partial charge is 0.442 e. The standard InChI is InChI=1S/C20H22N4O3.ClH/c1-12-16(17-18(27-12)22-11-23(2)19(17)25)20(26)24-9-14(8-21)15(10-24)13-6-4-3-5-7-13;/h3-7,11,14-15H,8-10,21H2,1-2H3;1H/t14-,15+;/m1./s1. The molecule has 1 aliphatic heterocycles. The van der Waals surface area contributed by atoms with Gasteiger partial charge < -0.3 is 19.6 Å². The first-order valence-corrected chi connectivity index (χ1v) is 9.00. The summed E-state index contributed by atoms with van der Waals surface area (Å²) in [5.74, 6) is 0.571. The number of furan rings is 1. The van der Waals surface area contributed by atoms with E-state index in [0.717, 1.165) is 0 Å². The highest BCUT2D eigenvalue weighted by atomic mass is 35.5. The lowest BCUT2D eigenvalue weighted by Gasteiger charge is -2.16. The Hall–Kier alpha value is -2.64. The number of hydrogen-bond donors (Lipinski definition) is 1. The topological polar surface area (TPSA) is 94.4 Å². The van der Waals surface area contributed by atoms with Crippen LogP contribution >= 0.6 is 12.4 Å². The summed E-state index contributed by atoms with van der Waals surface area (Å²) in [6.45, 7) is 3.32. The predicted molar refractivity (Wildman–Crippen MR) is 109 cm³/mol. The summed E-state index contributed by atoms with van der Waals surface area (Å²) < 4.78 is 6.94. The lowest BCUT2D eigenvalue weighted by Crippen LogP contribution is -2.31. The second-order valence-electron chi connectivity index (χ2n) is 7.10. The van der Waals surface area contributed by atoms with Crippen LogP contribution in [0.2, 0.25) is 0 Å². The summed E-state index contributed by atoms with van der Waals surface area (Å²) in [5, 5.41) is 0.245. The molecule has 8 heteroatoms. The third-order valence-electron chi connectivity index (χ3n) is 5.42. The number of nitrogens with two attached hydrogens (primary N) is 1. The van der Waals surface area contributed by atoms with Crippen LogP contribution in [0.1, 0.15) is 27.6 Å². The summed E-state index contributed by atoms with van der Waals surface area (Å²) in [4.78, 5) is 31.8. The summed E-state index contributed by atoms with van der Waals surface area (Å²) in [6.07, 6.45) is 1.40. The van der Waals surface area contributed by atoms with E-state index in [-0.39, 0.29) is 46.8 Å². The Bertz CT molecular complexity index is 1060. The predicted octanol–water partition coefficient (Wildman–Crippen LogP) is 2.07. The van der Waals surface area contributed by atoms with Crippen LogP contribution in [-0.4, -0.2) is 40.0 Å². The molecular weight excluding hydrogens is 380 g/mol. The molecule has 0 saturated carbocycles. The lowest BCUT2D eigenvalue weighted by atomic mass is 9.89. The van der Waals surface area contributed by atoms with Crippen molar-refractivity contribution < 1.29 is 9.21 Å². The highest BCUT2D eigenvalue weighted by molar-refractivity contribution is 6.06. The van der Waals surface area contributed by atoms with E-state index in [1.54, 1.807) is 18.9 Å². The number of rotatable bonds is 3. The van der Waals surface area contributed by atoms with E-state index in [4.69, 9.17) is 10.2 Å². The molecule has 0 aliphatic carbocycles. The van der Waals surface area contributed by atoms with Crippen molar-refractivity contribution in [2.45, 2.75) is 12.8 Å². The molecule has 0 radical (unpaired) electrons. The van der Waals surface area contributed by atoms with Gasteiger partial charge in [-0.2, -0.15) is 0 Å². The zero-order valence-electron chi connectivity index (χ0n) is 15.8. The number of aromatic nitrogens is 2. The number of amides is 1. The van der Waals surface area contributed by atoms with Crippen LogP contribution in [0, 0.1) is 12.8 Å². The number of carbonyl (C=O) groups excluding carboxylic acids is 1. The number of fused-ring (bicyclic) bond motifs is 1. The number of aryl methyl sites for hydroxylation is 2. The average Bonchev–Trinajstić information content (AvgIpc) is 3.26. The Kier molecular flexibility index (Phi) is 5.58. The SMILES string of the molecule is Cc1oc2ncn(C)c(=O)c2c1C(=O)N1C[C@@H](CN)[C@H](c2ccccc2)C1.Cl. The maximum atomic E-state index is 13.3. The highest BCUT2D eigenvalue weighted by Gasteiger charge is 2.37. The van der Waals surface area contributed by atoms with E-state index >= 15 is 0 Å². The van der Waals surface area contributed by atoms with Crippen molar-refractivity contribution in [2.75, 3.05) is 19.6 Å². The van der Waals surface area contributed by atoms with Gasteiger partial charge in [0, 0.05) is 26.1 Å². The number of halogens is 1. The van der Waals surface area contributed by atoms with Crippen molar-refractivity contribution in [3.05, 3.63) is 63.9 Å². The van der Waals surface area contributed by atoms with Crippen molar-refractivity contribution in [1.82, 2.24) is 14.5 Å². The quantitative estimate of drug-likeness (QED) is 0.723. The van der Waals surface area contributed by atoms with Crippen LogP contribution < -0.4 is 11.3 Å². The Balaban J connectivity index is 0.00000225. The monoisotopic (exact) mass is 402 g/mol. The number of likely N-dealkylation sites (tertiary alicyclic amines) is 1. The van der Waals surface area contributed by atoms with Gasteiger partial charge in [-0.15, -0.1) is 12.4 Å². The van der Waals surface area contributed by atoms with Crippen molar-refractivity contribution >= 4 is 29.4 Å². The fraction of sp³-hybridized carbons (Fsp3) is 0.350. The molecule has 4 rings (SSSR count). The summed E-state index contributed by atoms with van der Waals surface area (Å²) in [7, 11) is 1.61. The fourth-order valence-electron chi connectivity index (χ4n) is 3.96. The molecule has 3 heterocycles. The molecule has 0 bridgehead atoms. The number of nitrogens with zero attached hydrogens (tertiary/aromatic N) is 3. The van der Waals surface area contributed by atoms with Gasteiger partial charge in [0.15, 0.2) is 0 Å². The van der Waals surface area contributed by atoms with Crippen LogP contribution in [0.25, 0.3) is 11.1 Å². The smallest absolute Gasteiger partial charge is 0.265 e. The Morgan fingerprint density at radius 1 is 1.29 bits per heavy atom. The lowest BCUT2D eigenvalue weighted by molar-refractivity contribution is 0.0786. The number of benzene rings is 1. The van der Waals surface area contributed by atoms with Crippen LogP contribution in [0.3, 0.4) is 0 Å². The fourth-order valence-corrected chi connectivity index (χ4v) is 3.96. The molecule has 1 fully saturated rings. The van der Waals surface area contributed by atoms with Gasteiger partial charge in [-0.1, -0.05) is 30.3 Å². The molecule has 1 aliphatic rings. The maximum absolute atomic E-state index is 13.3. The van der Waals surface area contributed by atoms with Crippen LogP contribution in [0.15, 0.2) is 45.9 Å². The summed E-state index contributed by atoms with van der Waals surface area (Å²) in [5.41, 5.74) is 7.39. The van der Waals surface area contributed by atoms with Gasteiger partial charge in [-0.25, -0.2) is 4.98 Å². The second kappa shape index (κ2) is 7.77. The van der Waals surface area contributed by atoms with Gasteiger partial charge in [0.05, 0.1) is 5.56 Å². The van der Waals surface area contributed by atoms with E-state index < -0.39 is 0 Å². The Morgan fingerprint density at radius 3 is 2.68 bits per heavy atom. The van der Waals surface area contributed by atoms with Crippen molar-refractivity contribution in [1.29, 1.82) is 0 Å². The first-order valence-electron chi connectivity index (χ1n) is 9.00. The zero-order chi connectivity index (χ0) is 19.1. The van der Waals surface area contributed by atoms with Crippen molar-refractivity contribution in [3.8, 4) is 0 Å². The molecule has 0 unspecified atom stereocenters. The molecule has 2 atom stereocenters. The molecular formula is C20H23ClN4O3. The molecule has 0 spiro atoms. The highest BCUT2D eigenvalue weighted by Crippen LogP contribution is 2.34. The van der Waals surface area contributed by atoms with Gasteiger partial charge in [-0.05, 0) is 24.9 Å². The van der Waals surface area contributed by atoms with Gasteiger partial charge >= 0.3 is 0 Å². The summed E-state index contributed by atoms with van der Waals surface area (Å²) >= 11 is 0. The third kappa shape index (κ3) is 3.21. The number of carbonyl (C=O) groups is 1. The van der Waals surface area contributed by atoms with Gasteiger partial charge in [0.25, 0.3) is 11.5 Å². The molecule has 7 nitrogen and oxygen atoms in total. The first kappa shape index (κ1) is 20.1. The molecule has 2 N–H and O–H groups in total. The normalized spacial score (nSPS) is 19.0. The van der Waals surface area contributed by atoms with E-state index in [2.05, 4.69) is 17.1 Å². The van der Waals surface area contributed by atoms with Crippen LogP contribution in [0.5, 0.6) is 0 Å². The first-order chi connectivity index (χ1) is 13.0. The summed E-state index contributed by atoms with van der Waals surface area (Å²) in [6, 6.07) is 10.1. The van der Waals surface area contributed by atoms with E-state index in [9.17, 15) is 9.59 Å². The molecule has 1 aromatic carbocycles. The van der Waals surface area contributed by atoms with Crippen LogP contribution in [-0.2, 0) is 7.05 Å². The van der Waals surface area contributed by atoms with E-state index in [1.807, 2.05) is 18.2 Å². The minimum absolute atomic E-state index is 0. The van der Waals surface area contributed by atoms with Crippen molar-refractivity contribution in [2.24, 2.45) is 18.7 Å². The molecule has 28 heavy (non-hydrogen) atoms. The molecule has 1 amide bonds. The third-order valence-corrected chi connectivity index (χ3v) is 5.42. The minimum Gasteiger partial charge on any atom is -0.442 e. The molecule has 1 saturated heterocycles. The Morgan fingerprint density at radius 2 is 2.00 bits per heavy atom. The van der Waals surface area contributed by atoms with Crippen molar-refractivity contribution in [3.63, 3.8) is 0 Å². The molecule has 3 aromatic rings. The maximum Gasteiger partial charge on any atom is 0.265 e. The zero-order valence-corrected chi connectivity index (χ0v) is 16.6. The molecule has 148 valence electrons. The van der Waals surface area contributed by atoms with Gasteiger partial charge in [0.2, 0.25) is 5.71 Å². The number of hydrogen-bond acceptors (Lipinski definition) is 5.